The number of ether oxygens (including phenoxy) is 1. The van der Waals surface area contributed by atoms with E-state index < -0.39 is 33.4 Å². The molecule has 6 nitrogen and oxygen atoms in total. The largest absolute Gasteiger partial charge is 0.453 e. The van der Waals surface area contributed by atoms with Gasteiger partial charge in [-0.2, -0.15) is 0 Å². The number of nitrogen functional groups attached to an aromatic ring is 1. The highest BCUT2D eigenvalue weighted by atomic mass is 35.5. The minimum atomic E-state index is -3.60. The first kappa shape index (κ1) is 19.4. The third-order valence-corrected chi connectivity index (χ3v) is 6.98. The van der Waals surface area contributed by atoms with Crippen molar-refractivity contribution in [3.05, 3.63) is 45.1 Å². The van der Waals surface area contributed by atoms with Gasteiger partial charge in [0.05, 0.1) is 10.9 Å². The Morgan fingerprint density at radius 1 is 1.24 bits per heavy atom. The summed E-state index contributed by atoms with van der Waals surface area (Å²) in [5.41, 5.74) is 5.99. The fourth-order valence-electron chi connectivity index (χ4n) is 1.90. The van der Waals surface area contributed by atoms with Crippen LogP contribution in [0.2, 0.25) is 5.02 Å². The molecule has 0 unspecified atom stereocenters. The molecule has 0 aliphatic heterocycles. The number of nitrogens with two attached hydrogens (primary N) is 1. The molecule has 0 atom stereocenters. The van der Waals surface area contributed by atoms with Gasteiger partial charge in [0, 0.05) is 16.0 Å². The number of hydrogen-bond donors (Lipinski definition) is 1. The molecule has 2 rings (SSSR count). The Labute approximate surface area is 154 Å². The summed E-state index contributed by atoms with van der Waals surface area (Å²) in [5, 5.41) is 1.13. The van der Waals surface area contributed by atoms with Crippen molar-refractivity contribution in [2.24, 2.45) is 0 Å². The van der Waals surface area contributed by atoms with Crippen LogP contribution in [0.4, 0.5) is 5.69 Å². The van der Waals surface area contributed by atoms with Crippen molar-refractivity contribution in [3.8, 4) is 0 Å². The molecule has 1 aromatic carbocycles. The van der Waals surface area contributed by atoms with Gasteiger partial charge in [-0.1, -0.05) is 11.6 Å². The first-order valence-corrected chi connectivity index (χ1v) is 10.0. The van der Waals surface area contributed by atoms with Crippen molar-refractivity contribution < 1.29 is 22.7 Å². The Balaban J connectivity index is 2.11. The normalized spacial score (nSPS) is 11.5. The summed E-state index contributed by atoms with van der Waals surface area (Å²) in [6.45, 7) is 2.56. The van der Waals surface area contributed by atoms with Gasteiger partial charge < -0.3 is 10.5 Å². The molecule has 0 saturated heterocycles. The van der Waals surface area contributed by atoms with E-state index in [2.05, 4.69) is 0 Å². The molecule has 0 radical (unpaired) electrons. The number of esters is 1. The summed E-state index contributed by atoms with van der Waals surface area (Å²) < 4.78 is 29.3. The minimum Gasteiger partial charge on any atom is -0.453 e. The zero-order chi connectivity index (χ0) is 18.8. The van der Waals surface area contributed by atoms with Crippen LogP contribution in [0, 0.1) is 0 Å². The summed E-state index contributed by atoms with van der Waals surface area (Å²) in [6.07, 6.45) is 0. The molecule has 2 aromatic rings. The Kier molecular flexibility index (Phi) is 5.87. The molecule has 0 aliphatic rings. The maximum absolute atomic E-state index is 12.2. The third kappa shape index (κ3) is 4.20. The number of sulfone groups is 1. The fraction of sp³-hybridized carbons (Fsp3) is 0.250. The predicted molar refractivity (Wildman–Crippen MR) is 97.1 cm³/mol. The molecule has 0 bridgehead atoms. The second kappa shape index (κ2) is 7.55. The van der Waals surface area contributed by atoms with Gasteiger partial charge in [-0.05, 0) is 38.1 Å². The topological polar surface area (TPSA) is 104 Å². The number of halogens is 1. The summed E-state index contributed by atoms with van der Waals surface area (Å²) in [5.74, 6) is -1.25. The van der Waals surface area contributed by atoms with Gasteiger partial charge in [0.25, 0.3) is 0 Å². The molecule has 1 heterocycles. The molecule has 1 aromatic heterocycles. The zero-order valence-electron chi connectivity index (χ0n) is 13.5. The number of thiophene rings is 1. The number of Topliss-reactive ketones (excluding diaryl/α,β-unsaturated/α-hetero) is 1. The van der Waals surface area contributed by atoms with Gasteiger partial charge in [-0.15, -0.1) is 11.3 Å². The van der Waals surface area contributed by atoms with Crippen LogP contribution >= 0.6 is 22.9 Å². The van der Waals surface area contributed by atoms with E-state index >= 15 is 0 Å². The lowest BCUT2D eigenvalue weighted by molar-refractivity contribution is 0.0480. The van der Waals surface area contributed by atoms with Crippen molar-refractivity contribution in [1.82, 2.24) is 0 Å². The quantitative estimate of drug-likeness (QED) is 0.588. The van der Waals surface area contributed by atoms with Gasteiger partial charge in [0.1, 0.15) is 9.77 Å². The molecule has 134 valence electrons. The smallest absolute Gasteiger partial charge is 0.350 e. The summed E-state index contributed by atoms with van der Waals surface area (Å²) in [4.78, 5) is 24.0. The highest BCUT2D eigenvalue weighted by molar-refractivity contribution is 7.92. The van der Waals surface area contributed by atoms with E-state index in [-0.39, 0.29) is 15.5 Å². The Bertz CT molecular complexity index is 901. The molecule has 0 fully saturated rings. The van der Waals surface area contributed by atoms with Crippen molar-refractivity contribution in [3.63, 3.8) is 0 Å². The number of ketones is 1. The van der Waals surface area contributed by atoms with E-state index in [4.69, 9.17) is 22.1 Å². The average molecular weight is 402 g/mol. The molecule has 25 heavy (non-hydrogen) atoms. The SMILES string of the molecule is CC(C)S(=O)(=O)c1csc(C(=O)OCC(=O)c2ccc(Cl)cc2)c1N. The number of benzene rings is 1. The van der Waals surface area contributed by atoms with Gasteiger partial charge in [-0.25, -0.2) is 13.2 Å². The van der Waals surface area contributed by atoms with Crippen molar-refractivity contribution in [2.75, 3.05) is 12.3 Å². The van der Waals surface area contributed by atoms with Crippen molar-refractivity contribution in [1.29, 1.82) is 0 Å². The van der Waals surface area contributed by atoms with E-state index in [1.165, 1.54) is 31.4 Å². The molecule has 9 heteroatoms. The summed E-state index contributed by atoms with van der Waals surface area (Å²) >= 11 is 6.61. The Morgan fingerprint density at radius 3 is 2.40 bits per heavy atom. The van der Waals surface area contributed by atoms with Crippen LogP contribution in [0.25, 0.3) is 0 Å². The fourth-order valence-corrected chi connectivity index (χ4v) is 4.43. The second-order valence-corrected chi connectivity index (χ2v) is 9.23. The second-order valence-electron chi connectivity index (χ2n) is 5.44. The summed E-state index contributed by atoms with van der Waals surface area (Å²) in [6, 6.07) is 6.14. The number of rotatable bonds is 6. The molecule has 0 saturated carbocycles. The van der Waals surface area contributed by atoms with Gasteiger partial charge in [0.15, 0.2) is 22.2 Å². The van der Waals surface area contributed by atoms with Gasteiger partial charge in [-0.3, -0.25) is 4.79 Å². The van der Waals surface area contributed by atoms with Crippen LogP contribution in [0.3, 0.4) is 0 Å². The zero-order valence-corrected chi connectivity index (χ0v) is 15.9. The maximum atomic E-state index is 12.2. The average Bonchev–Trinajstić information content (AvgIpc) is 2.95. The van der Waals surface area contributed by atoms with E-state index in [0.29, 0.717) is 10.6 Å². The van der Waals surface area contributed by atoms with Crippen LogP contribution in [0.15, 0.2) is 34.5 Å². The van der Waals surface area contributed by atoms with Crippen LogP contribution < -0.4 is 5.73 Å². The summed E-state index contributed by atoms with van der Waals surface area (Å²) in [7, 11) is -3.60. The lowest BCUT2D eigenvalue weighted by Crippen LogP contribution is -2.17. The van der Waals surface area contributed by atoms with Crippen LogP contribution in [0.5, 0.6) is 0 Å². The maximum Gasteiger partial charge on any atom is 0.350 e. The monoisotopic (exact) mass is 401 g/mol. The first-order valence-electron chi connectivity index (χ1n) is 7.21. The number of carbonyl (C=O) groups is 2. The minimum absolute atomic E-state index is 0.0388. The Morgan fingerprint density at radius 2 is 1.84 bits per heavy atom. The lowest BCUT2D eigenvalue weighted by atomic mass is 10.1. The van der Waals surface area contributed by atoms with E-state index in [9.17, 15) is 18.0 Å². The van der Waals surface area contributed by atoms with Crippen LogP contribution in [-0.4, -0.2) is 32.0 Å². The molecule has 0 aliphatic carbocycles. The number of anilines is 1. The Hall–Kier alpha value is -1.90. The van der Waals surface area contributed by atoms with Crippen molar-refractivity contribution in [2.45, 2.75) is 24.0 Å². The highest BCUT2D eigenvalue weighted by Gasteiger charge is 2.28. The number of carbonyl (C=O) groups excluding carboxylic acids is 2. The first-order chi connectivity index (χ1) is 11.6. The molecular formula is C16H16ClNO5S2. The highest BCUT2D eigenvalue weighted by Crippen LogP contribution is 2.32. The van der Waals surface area contributed by atoms with Crippen molar-refractivity contribution >= 4 is 50.2 Å². The molecule has 2 N–H and O–H groups in total. The molecule has 0 amide bonds. The third-order valence-electron chi connectivity index (χ3n) is 3.41. The van der Waals surface area contributed by atoms with Gasteiger partial charge >= 0.3 is 5.97 Å². The van der Waals surface area contributed by atoms with E-state index in [1.807, 2.05) is 0 Å². The standard InChI is InChI=1S/C16H16ClNO5S2/c1-9(2)25(21,22)13-8-24-15(14(13)18)16(20)23-7-12(19)10-3-5-11(17)6-4-10/h3-6,8-9H,7,18H2,1-2H3. The van der Waals surface area contributed by atoms with Gasteiger partial charge in [0.2, 0.25) is 0 Å². The van der Waals surface area contributed by atoms with Crippen LogP contribution in [-0.2, 0) is 14.6 Å². The molecular weight excluding hydrogens is 386 g/mol. The lowest BCUT2D eigenvalue weighted by Gasteiger charge is -2.07. The van der Waals surface area contributed by atoms with Crippen LogP contribution in [0.1, 0.15) is 33.9 Å². The van der Waals surface area contributed by atoms with E-state index in [1.54, 1.807) is 12.1 Å². The van der Waals surface area contributed by atoms with E-state index in [0.717, 1.165) is 11.3 Å². The predicted octanol–water partition coefficient (Wildman–Crippen LogP) is 3.21. The number of hydrogen-bond acceptors (Lipinski definition) is 7. The molecule has 0 spiro atoms.